The summed E-state index contributed by atoms with van der Waals surface area (Å²) < 4.78 is 27.1. The number of hydrogen-bond donors (Lipinski definition) is 2. The Morgan fingerprint density at radius 2 is 1.73 bits per heavy atom. The van der Waals surface area contributed by atoms with Crippen LogP contribution in [0.4, 0.5) is 10.8 Å². The standard InChI is InChI=1S/C13H22N.C9H9N3O2S2/c1-4-5-11-14(2,3)12-13-9-7-6-8-10-13;10-7-1-3-8(4-2-7)16(13,14)12-9-11-5-6-15-9/h6-10H,4-5,11-12H2,1-3H3;1-6H,10H2,(H,11,12)/q+1;. The van der Waals surface area contributed by atoms with Crippen LogP contribution in [0.5, 0.6) is 0 Å². The van der Waals surface area contributed by atoms with Gasteiger partial charge >= 0.3 is 0 Å². The van der Waals surface area contributed by atoms with E-state index in [1.54, 1.807) is 5.38 Å². The largest absolute Gasteiger partial charge is 0.399 e. The lowest BCUT2D eigenvalue weighted by atomic mass is 10.2. The maximum Gasteiger partial charge on any atom is 0.263 e. The predicted molar refractivity (Wildman–Crippen MR) is 126 cm³/mol. The molecule has 3 aromatic rings. The molecule has 3 N–H and O–H groups in total. The zero-order valence-corrected chi connectivity index (χ0v) is 19.4. The molecule has 0 aliphatic heterocycles. The fourth-order valence-corrected chi connectivity index (χ4v) is 4.63. The van der Waals surface area contributed by atoms with Gasteiger partial charge < -0.3 is 10.2 Å². The van der Waals surface area contributed by atoms with E-state index in [1.165, 1.54) is 66.7 Å². The van der Waals surface area contributed by atoms with Crippen LogP contribution in [0.1, 0.15) is 25.3 Å². The molecule has 0 spiro atoms. The summed E-state index contributed by atoms with van der Waals surface area (Å²) in [4.78, 5) is 4.01. The van der Waals surface area contributed by atoms with Crippen molar-refractivity contribution in [2.75, 3.05) is 31.1 Å². The lowest BCUT2D eigenvalue weighted by molar-refractivity contribution is -0.903. The molecule has 1 aromatic heterocycles. The lowest BCUT2D eigenvalue weighted by Gasteiger charge is -2.29. The minimum atomic E-state index is -3.56. The molecule has 0 radical (unpaired) electrons. The van der Waals surface area contributed by atoms with Crippen LogP contribution in [0.2, 0.25) is 0 Å². The molecule has 8 heteroatoms. The van der Waals surface area contributed by atoms with Crippen LogP contribution in [0.25, 0.3) is 0 Å². The van der Waals surface area contributed by atoms with E-state index in [0.717, 1.165) is 11.0 Å². The summed E-state index contributed by atoms with van der Waals surface area (Å²) in [5.74, 6) is 0. The molecule has 0 amide bonds. The van der Waals surface area contributed by atoms with Crippen molar-refractivity contribution in [3.05, 3.63) is 71.7 Å². The third-order valence-corrected chi connectivity index (χ3v) is 6.59. The van der Waals surface area contributed by atoms with Crippen LogP contribution in [0.3, 0.4) is 0 Å². The molecule has 162 valence electrons. The van der Waals surface area contributed by atoms with Crippen LogP contribution in [-0.2, 0) is 16.6 Å². The molecule has 0 aliphatic carbocycles. The van der Waals surface area contributed by atoms with Gasteiger partial charge in [-0.3, -0.25) is 4.72 Å². The highest BCUT2D eigenvalue weighted by molar-refractivity contribution is 7.93. The molecule has 6 nitrogen and oxygen atoms in total. The second kappa shape index (κ2) is 11.1. The lowest BCUT2D eigenvalue weighted by Crippen LogP contribution is -2.39. The second-order valence-corrected chi connectivity index (χ2v) is 10.2. The highest BCUT2D eigenvalue weighted by atomic mass is 32.2. The minimum absolute atomic E-state index is 0.164. The monoisotopic (exact) mass is 447 g/mol. The van der Waals surface area contributed by atoms with E-state index >= 15 is 0 Å². The first-order valence-corrected chi connectivity index (χ1v) is 12.2. The molecular formula is C22H31N4O2S2+. The Labute approximate surface area is 184 Å². The van der Waals surface area contributed by atoms with Crippen LogP contribution < -0.4 is 10.5 Å². The highest BCUT2D eigenvalue weighted by Gasteiger charge is 2.15. The molecule has 0 aliphatic rings. The van der Waals surface area contributed by atoms with Crippen molar-refractivity contribution >= 4 is 32.2 Å². The van der Waals surface area contributed by atoms with Gasteiger partial charge in [-0.15, -0.1) is 11.3 Å². The Morgan fingerprint density at radius 1 is 1.07 bits per heavy atom. The number of rotatable bonds is 8. The minimum Gasteiger partial charge on any atom is -0.399 e. The molecule has 0 saturated heterocycles. The van der Waals surface area contributed by atoms with Crippen LogP contribution in [0.15, 0.2) is 71.1 Å². The number of benzene rings is 2. The Bertz CT molecular complexity index is 972. The number of hydrogen-bond acceptors (Lipinski definition) is 5. The molecule has 30 heavy (non-hydrogen) atoms. The number of nitrogen functional groups attached to an aromatic ring is 1. The van der Waals surface area contributed by atoms with Gasteiger partial charge in [0, 0.05) is 22.8 Å². The summed E-state index contributed by atoms with van der Waals surface area (Å²) in [5, 5.41) is 2.04. The van der Waals surface area contributed by atoms with Gasteiger partial charge in [0.05, 0.1) is 25.5 Å². The van der Waals surface area contributed by atoms with Crippen molar-refractivity contribution in [3.8, 4) is 0 Å². The van der Waals surface area contributed by atoms with Crippen molar-refractivity contribution in [1.82, 2.24) is 4.98 Å². The maximum atomic E-state index is 11.8. The van der Waals surface area contributed by atoms with E-state index in [-0.39, 0.29) is 4.90 Å². The number of nitrogens with two attached hydrogens (primary N) is 1. The zero-order chi connectivity index (χ0) is 22.0. The zero-order valence-electron chi connectivity index (χ0n) is 17.8. The highest BCUT2D eigenvalue weighted by Crippen LogP contribution is 2.18. The molecule has 0 unspecified atom stereocenters. The topological polar surface area (TPSA) is 85.1 Å². The first kappa shape index (κ1) is 23.9. The quantitative estimate of drug-likeness (QED) is 0.391. The number of sulfonamides is 1. The van der Waals surface area contributed by atoms with Crippen LogP contribution in [0, 0.1) is 0 Å². The van der Waals surface area contributed by atoms with Crippen molar-refractivity contribution in [3.63, 3.8) is 0 Å². The molecule has 2 aromatic carbocycles. The first-order valence-electron chi connectivity index (χ1n) is 9.85. The summed E-state index contributed by atoms with van der Waals surface area (Å²) in [7, 11) is 1.06. The Hall–Kier alpha value is -2.42. The number of anilines is 2. The van der Waals surface area contributed by atoms with Gasteiger partial charge in [-0.25, -0.2) is 13.4 Å². The van der Waals surface area contributed by atoms with Crippen molar-refractivity contribution in [1.29, 1.82) is 0 Å². The summed E-state index contributed by atoms with van der Waals surface area (Å²) >= 11 is 1.22. The fourth-order valence-electron chi connectivity index (χ4n) is 2.84. The molecule has 3 rings (SSSR count). The summed E-state index contributed by atoms with van der Waals surface area (Å²) in [5.41, 5.74) is 7.44. The van der Waals surface area contributed by atoms with E-state index in [2.05, 4.69) is 61.1 Å². The maximum absolute atomic E-state index is 11.8. The molecular weight excluding hydrogens is 416 g/mol. The van der Waals surface area contributed by atoms with E-state index in [9.17, 15) is 8.42 Å². The van der Waals surface area contributed by atoms with E-state index in [4.69, 9.17) is 5.73 Å². The Balaban J connectivity index is 0.000000216. The van der Waals surface area contributed by atoms with Crippen LogP contribution in [-0.4, -0.2) is 38.5 Å². The fraction of sp³-hybridized carbons (Fsp3) is 0.318. The average Bonchev–Trinajstić information content (AvgIpc) is 3.20. The summed E-state index contributed by atoms with van der Waals surface area (Å²) in [6.07, 6.45) is 4.14. The van der Waals surface area contributed by atoms with E-state index < -0.39 is 10.0 Å². The second-order valence-electron chi connectivity index (χ2n) is 7.67. The molecule has 0 bridgehead atoms. The summed E-state index contributed by atoms with van der Waals surface area (Å²) in [6, 6.07) is 16.7. The van der Waals surface area contributed by atoms with Crippen molar-refractivity contribution in [2.24, 2.45) is 0 Å². The number of quaternary nitrogens is 1. The average molecular weight is 448 g/mol. The van der Waals surface area contributed by atoms with Gasteiger partial charge in [-0.2, -0.15) is 0 Å². The van der Waals surface area contributed by atoms with Crippen LogP contribution >= 0.6 is 11.3 Å². The van der Waals surface area contributed by atoms with Crippen molar-refractivity contribution < 1.29 is 12.9 Å². The number of nitrogens with zero attached hydrogens (tertiary/aromatic N) is 2. The van der Waals surface area contributed by atoms with Gasteiger partial charge in [0.25, 0.3) is 10.0 Å². The number of aromatic nitrogens is 1. The van der Waals surface area contributed by atoms with Gasteiger partial charge in [0.1, 0.15) is 6.54 Å². The molecule has 0 fully saturated rings. The van der Waals surface area contributed by atoms with Crippen molar-refractivity contribution in [2.45, 2.75) is 31.2 Å². The molecule has 0 saturated carbocycles. The van der Waals surface area contributed by atoms with E-state index in [0.29, 0.717) is 10.8 Å². The van der Waals surface area contributed by atoms with Gasteiger partial charge in [-0.1, -0.05) is 43.7 Å². The Morgan fingerprint density at radius 3 is 2.30 bits per heavy atom. The van der Waals surface area contributed by atoms with Gasteiger partial charge in [-0.05, 0) is 30.7 Å². The molecule has 0 atom stereocenters. The van der Waals surface area contributed by atoms with Gasteiger partial charge in [0.2, 0.25) is 0 Å². The SMILES string of the molecule is CCCC[N+](C)(C)Cc1ccccc1.Nc1ccc(S(=O)(=O)Nc2nccs2)cc1. The predicted octanol–water partition coefficient (Wildman–Crippen LogP) is 4.59. The summed E-state index contributed by atoms with van der Waals surface area (Å²) in [6.45, 7) is 4.66. The molecule has 1 heterocycles. The van der Waals surface area contributed by atoms with Gasteiger partial charge in [0.15, 0.2) is 5.13 Å². The number of thiazole rings is 1. The smallest absolute Gasteiger partial charge is 0.263 e. The Kier molecular flexibility index (Phi) is 8.83. The number of nitrogens with one attached hydrogen (secondary N) is 1. The third kappa shape index (κ3) is 8.14. The number of unbranched alkanes of at least 4 members (excludes halogenated alkanes) is 1. The first-order chi connectivity index (χ1) is 14.2. The van der Waals surface area contributed by atoms with E-state index in [1.807, 2.05) is 0 Å². The normalized spacial score (nSPS) is 11.4. The third-order valence-electron chi connectivity index (χ3n) is 4.41.